The van der Waals surface area contributed by atoms with Crippen LogP contribution in [0.5, 0.6) is 0 Å². The first kappa shape index (κ1) is 19.7. The quantitative estimate of drug-likeness (QED) is 0.441. The lowest BCUT2D eigenvalue weighted by atomic mass is 10.4. The Bertz CT molecular complexity index is 147. The van der Waals surface area contributed by atoms with Crippen LogP contribution in [0.2, 0.25) is 0 Å². The van der Waals surface area contributed by atoms with Gasteiger partial charge in [-0.1, -0.05) is 0 Å². The SMILES string of the molecule is C1COC1.OCCOCCOCCOCCOCCO. The molecule has 0 aromatic heterocycles. The van der Waals surface area contributed by atoms with Crippen LogP contribution in [-0.2, 0) is 23.7 Å². The molecule has 0 radical (unpaired) electrons. The first-order valence-electron chi connectivity index (χ1n) is 7.02. The van der Waals surface area contributed by atoms with Gasteiger partial charge in [-0.05, 0) is 6.42 Å². The van der Waals surface area contributed by atoms with Crippen LogP contribution in [0.15, 0.2) is 0 Å². The van der Waals surface area contributed by atoms with Gasteiger partial charge in [-0.2, -0.15) is 0 Å². The first-order valence-corrected chi connectivity index (χ1v) is 7.02. The normalized spacial score (nSPS) is 13.5. The van der Waals surface area contributed by atoms with Crippen LogP contribution in [0, 0.1) is 0 Å². The lowest BCUT2D eigenvalue weighted by Crippen LogP contribution is -2.13. The molecule has 20 heavy (non-hydrogen) atoms. The molecule has 1 fully saturated rings. The van der Waals surface area contributed by atoms with E-state index < -0.39 is 0 Å². The fourth-order valence-corrected chi connectivity index (χ4v) is 1.04. The monoisotopic (exact) mass is 296 g/mol. The Balaban J connectivity index is 0.000000760. The minimum Gasteiger partial charge on any atom is -0.394 e. The highest BCUT2D eigenvalue weighted by atomic mass is 16.6. The zero-order valence-electron chi connectivity index (χ0n) is 12.1. The standard InChI is InChI=1S/C10H22O6.C3H6O/c11-1-3-13-5-7-15-9-10-16-8-6-14-4-2-12;1-2-4-3-1/h11-12H,1-10H2;1-3H2. The molecule has 0 bridgehead atoms. The molecular weight excluding hydrogens is 268 g/mol. The fraction of sp³-hybridized carbons (Fsp3) is 1.00. The molecule has 1 rings (SSSR count). The van der Waals surface area contributed by atoms with E-state index in [1.54, 1.807) is 0 Å². The van der Waals surface area contributed by atoms with Crippen molar-refractivity contribution in [1.29, 1.82) is 0 Å². The van der Waals surface area contributed by atoms with E-state index in [4.69, 9.17) is 33.9 Å². The van der Waals surface area contributed by atoms with Crippen LogP contribution in [0.1, 0.15) is 6.42 Å². The van der Waals surface area contributed by atoms with Gasteiger partial charge >= 0.3 is 0 Å². The van der Waals surface area contributed by atoms with Crippen LogP contribution < -0.4 is 0 Å². The van der Waals surface area contributed by atoms with Crippen LogP contribution in [-0.4, -0.2) is 89.5 Å². The zero-order valence-corrected chi connectivity index (χ0v) is 12.1. The first-order chi connectivity index (χ1) is 9.91. The lowest BCUT2D eigenvalue weighted by Gasteiger charge is -2.09. The van der Waals surface area contributed by atoms with Gasteiger partial charge in [-0.25, -0.2) is 0 Å². The number of aliphatic hydroxyl groups excluding tert-OH is 2. The van der Waals surface area contributed by atoms with Crippen molar-refractivity contribution in [3.63, 3.8) is 0 Å². The summed E-state index contributed by atoms with van der Waals surface area (Å²) in [6, 6.07) is 0. The van der Waals surface area contributed by atoms with E-state index in [1.807, 2.05) is 0 Å². The molecule has 1 aliphatic rings. The molecule has 1 aliphatic heterocycles. The second kappa shape index (κ2) is 18.7. The summed E-state index contributed by atoms with van der Waals surface area (Å²) in [5.74, 6) is 0. The van der Waals surface area contributed by atoms with Gasteiger partial charge in [0.1, 0.15) is 0 Å². The summed E-state index contributed by atoms with van der Waals surface area (Å²) in [5, 5.41) is 16.8. The van der Waals surface area contributed by atoms with E-state index in [-0.39, 0.29) is 13.2 Å². The van der Waals surface area contributed by atoms with Gasteiger partial charge in [0.05, 0.1) is 66.1 Å². The highest BCUT2D eigenvalue weighted by molar-refractivity contribution is 4.41. The molecule has 0 amide bonds. The number of aliphatic hydroxyl groups is 2. The third kappa shape index (κ3) is 17.7. The van der Waals surface area contributed by atoms with E-state index in [2.05, 4.69) is 0 Å². The van der Waals surface area contributed by atoms with E-state index in [1.165, 1.54) is 6.42 Å². The Morgan fingerprint density at radius 1 is 0.600 bits per heavy atom. The van der Waals surface area contributed by atoms with Crippen molar-refractivity contribution in [2.24, 2.45) is 0 Å². The summed E-state index contributed by atoms with van der Waals surface area (Å²) in [6.07, 6.45) is 1.28. The van der Waals surface area contributed by atoms with Crippen molar-refractivity contribution >= 4 is 0 Å². The smallest absolute Gasteiger partial charge is 0.0701 e. The maximum absolute atomic E-state index is 8.41. The summed E-state index contributed by atoms with van der Waals surface area (Å²) in [6.45, 7) is 5.79. The highest BCUT2D eigenvalue weighted by Crippen LogP contribution is 1.93. The third-order valence-corrected chi connectivity index (χ3v) is 2.16. The topological polar surface area (TPSA) is 86.6 Å². The fourth-order valence-electron chi connectivity index (χ4n) is 1.04. The molecule has 0 aliphatic carbocycles. The molecule has 0 atom stereocenters. The second-order valence-electron chi connectivity index (χ2n) is 3.86. The van der Waals surface area contributed by atoms with Gasteiger partial charge in [0.25, 0.3) is 0 Å². The van der Waals surface area contributed by atoms with E-state index >= 15 is 0 Å². The maximum Gasteiger partial charge on any atom is 0.0701 e. The predicted molar refractivity (Wildman–Crippen MR) is 72.9 cm³/mol. The highest BCUT2D eigenvalue weighted by Gasteiger charge is 1.94. The maximum atomic E-state index is 8.41. The number of rotatable bonds is 13. The summed E-state index contributed by atoms with van der Waals surface area (Å²) in [5.41, 5.74) is 0. The molecule has 0 spiro atoms. The Labute approximate surface area is 120 Å². The second-order valence-corrected chi connectivity index (χ2v) is 3.86. The molecule has 2 N–H and O–H groups in total. The Morgan fingerprint density at radius 3 is 1.05 bits per heavy atom. The molecule has 0 saturated carbocycles. The molecule has 0 aromatic rings. The van der Waals surface area contributed by atoms with Gasteiger partial charge in [-0.3, -0.25) is 0 Å². The molecule has 122 valence electrons. The summed E-state index contributed by atoms with van der Waals surface area (Å²) < 4.78 is 25.1. The molecule has 1 heterocycles. The Kier molecular flexibility index (Phi) is 18.5. The number of ether oxygens (including phenoxy) is 5. The average molecular weight is 296 g/mol. The lowest BCUT2D eigenvalue weighted by molar-refractivity contribution is -0.00856. The molecule has 1 saturated heterocycles. The van der Waals surface area contributed by atoms with Gasteiger partial charge in [0.2, 0.25) is 0 Å². The van der Waals surface area contributed by atoms with Crippen molar-refractivity contribution in [1.82, 2.24) is 0 Å². The van der Waals surface area contributed by atoms with Crippen molar-refractivity contribution in [2.75, 3.05) is 79.3 Å². The summed E-state index contributed by atoms with van der Waals surface area (Å²) in [4.78, 5) is 0. The van der Waals surface area contributed by atoms with E-state index in [0.29, 0.717) is 52.9 Å². The van der Waals surface area contributed by atoms with Crippen LogP contribution >= 0.6 is 0 Å². The van der Waals surface area contributed by atoms with Crippen LogP contribution in [0.25, 0.3) is 0 Å². The Hall–Kier alpha value is -0.280. The predicted octanol–water partition coefficient (Wildman–Crippen LogP) is -0.556. The molecule has 7 nitrogen and oxygen atoms in total. The summed E-state index contributed by atoms with van der Waals surface area (Å²) >= 11 is 0. The van der Waals surface area contributed by atoms with Crippen molar-refractivity contribution < 1.29 is 33.9 Å². The third-order valence-electron chi connectivity index (χ3n) is 2.16. The average Bonchev–Trinajstić information content (AvgIpc) is 2.38. The number of hydrogen-bond donors (Lipinski definition) is 2. The van der Waals surface area contributed by atoms with Gasteiger partial charge in [0.15, 0.2) is 0 Å². The van der Waals surface area contributed by atoms with E-state index in [9.17, 15) is 0 Å². The number of hydrogen-bond acceptors (Lipinski definition) is 7. The van der Waals surface area contributed by atoms with Gasteiger partial charge in [-0.15, -0.1) is 0 Å². The molecule has 7 heteroatoms. The molecule has 0 aromatic carbocycles. The minimum absolute atomic E-state index is 0.0386. The van der Waals surface area contributed by atoms with Gasteiger partial charge in [0, 0.05) is 13.2 Å². The van der Waals surface area contributed by atoms with Crippen molar-refractivity contribution in [3.8, 4) is 0 Å². The van der Waals surface area contributed by atoms with Crippen LogP contribution in [0.4, 0.5) is 0 Å². The van der Waals surface area contributed by atoms with Gasteiger partial charge < -0.3 is 33.9 Å². The van der Waals surface area contributed by atoms with Crippen molar-refractivity contribution in [3.05, 3.63) is 0 Å². The van der Waals surface area contributed by atoms with E-state index in [0.717, 1.165) is 13.2 Å². The minimum atomic E-state index is 0.0386. The Morgan fingerprint density at radius 2 is 0.850 bits per heavy atom. The largest absolute Gasteiger partial charge is 0.394 e. The summed E-state index contributed by atoms with van der Waals surface area (Å²) in [7, 11) is 0. The van der Waals surface area contributed by atoms with Crippen molar-refractivity contribution in [2.45, 2.75) is 6.42 Å². The molecular formula is C13H28O7. The zero-order chi connectivity index (χ0) is 14.7. The molecule has 0 unspecified atom stereocenters. The van der Waals surface area contributed by atoms with Crippen LogP contribution in [0.3, 0.4) is 0 Å².